The van der Waals surface area contributed by atoms with E-state index < -0.39 is 0 Å². The molecule has 0 unspecified atom stereocenters. The molecule has 0 saturated heterocycles. The number of hydrogen-bond acceptors (Lipinski definition) is 4. The van der Waals surface area contributed by atoms with Crippen LogP contribution in [-0.2, 0) is 19.1 Å². The summed E-state index contributed by atoms with van der Waals surface area (Å²) in [6.07, 6.45) is 12.4. The number of hydrogen-bond donors (Lipinski definition) is 1. The first-order valence-electron chi connectivity index (χ1n) is 11.4. The zero-order chi connectivity index (χ0) is 20.9. The van der Waals surface area contributed by atoms with E-state index in [0.717, 1.165) is 44.9 Å². The monoisotopic (exact) mass is 399 g/mol. The molecule has 166 valence electrons. The molecule has 0 heterocycles. The second kappa shape index (κ2) is 14.1. The normalized spacial score (nSPS) is 23.4. The van der Waals surface area contributed by atoms with Gasteiger partial charge in [-0.25, -0.2) is 0 Å². The molecule has 1 amide bonds. The van der Waals surface area contributed by atoms with E-state index in [1.54, 1.807) is 0 Å². The molecule has 2 saturated carbocycles. The van der Waals surface area contributed by atoms with Crippen LogP contribution in [0.5, 0.6) is 0 Å². The first kappa shape index (κ1) is 25.1. The summed E-state index contributed by atoms with van der Waals surface area (Å²) in [5.74, 6) is 1.18. The molecule has 2 rings (SSSR count). The molecule has 2 fully saturated rings. The maximum Gasteiger partial charge on any atom is 0.219 e. The van der Waals surface area contributed by atoms with Crippen molar-refractivity contribution in [1.82, 2.24) is 0 Å². The lowest BCUT2D eigenvalue weighted by Crippen LogP contribution is -2.29. The fraction of sp³-hybridized carbons (Fsp3) is 0.913. The van der Waals surface area contributed by atoms with E-state index >= 15 is 0 Å². The minimum Gasteiger partial charge on any atom is -0.378 e. The van der Waals surface area contributed by atoms with Crippen molar-refractivity contribution in [2.75, 3.05) is 6.61 Å². The van der Waals surface area contributed by atoms with Crippen molar-refractivity contribution in [3.8, 4) is 0 Å². The van der Waals surface area contributed by atoms with Crippen LogP contribution in [0.4, 0.5) is 0 Å². The third-order valence-electron chi connectivity index (χ3n) is 5.46. The van der Waals surface area contributed by atoms with Crippen molar-refractivity contribution in [3.63, 3.8) is 0 Å². The number of nitrogens with two attached hydrogens (primary N) is 1. The summed E-state index contributed by atoms with van der Waals surface area (Å²) in [5.41, 5.74) is 5.05. The number of amides is 1. The van der Waals surface area contributed by atoms with Gasteiger partial charge in [0.05, 0.1) is 24.9 Å². The fourth-order valence-corrected chi connectivity index (χ4v) is 4.04. The van der Waals surface area contributed by atoms with E-state index in [0.29, 0.717) is 42.9 Å². The average Bonchev–Trinajstić information content (AvgIpc) is 2.63. The number of Topliss-reactive ketones (excluding diaryl/α,β-unsaturated/α-hetero) is 1. The van der Waals surface area contributed by atoms with Crippen molar-refractivity contribution < 1.29 is 20.5 Å². The largest absolute Gasteiger partial charge is 0.378 e. The number of carbonyl (C=O) groups excluding carboxylic acids is 2. The summed E-state index contributed by atoms with van der Waals surface area (Å²) in [7, 11) is 0. The van der Waals surface area contributed by atoms with Crippen molar-refractivity contribution in [3.05, 3.63) is 0 Å². The topological polar surface area (TPSA) is 78.6 Å². The van der Waals surface area contributed by atoms with E-state index in [1.807, 2.05) is 0 Å². The van der Waals surface area contributed by atoms with Gasteiger partial charge in [0.2, 0.25) is 5.91 Å². The van der Waals surface area contributed by atoms with Crippen LogP contribution in [0.15, 0.2) is 0 Å². The van der Waals surface area contributed by atoms with Gasteiger partial charge in [-0.1, -0.05) is 33.1 Å². The van der Waals surface area contributed by atoms with Crippen LogP contribution >= 0.6 is 0 Å². The summed E-state index contributed by atoms with van der Waals surface area (Å²) in [6, 6.07) is 0. The Bertz CT molecular complexity index is 442. The number of ketones is 1. The zero-order valence-corrected chi connectivity index (χ0v) is 18.6. The van der Waals surface area contributed by atoms with Crippen LogP contribution in [0.1, 0.15) is 99.8 Å². The molecule has 0 radical (unpaired) electrons. The molecule has 0 bridgehead atoms. The predicted molar refractivity (Wildman–Crippen MR) is 115 cm³/mol. The van der Waals surface area contributed by atoms with Gasteiger partial charge in [-0.05, 0) is 58.3 Å². The third-order valence-corrected chi connectivity index (χ3v) is 5.46. The van der Waals surface area contributed by atoms with Crippen LogP contribution in [0.25, 0.3) is 0 Å². The van der Waals surface area contributed by atoms with Gasteiger partial charge in [-0.15, -0.1) is 0 Å². The Labute approximate surface area is 173 Å². The van der Waals surface area contributed by atoms with Gasteiger partial charge in [0.1, 0.15) is 5.78 Å². The molecule has 5 nitrogen and oxygen atoms in total. The van der Waals surface area contributed by atoms with Crippen LogP contribution in [-0.4, -0.2) is 36.6 Å². The molecule has 28 heavy (non-hydrogen) atoms. The molecule has 0 spiro atoms. The van der Waals surface area contributed by atoms with E-state index in [4.69, 9.17) is 15.2 Å². The smallest absolute Gasteiger partial charge is 0.219 e. The predicted octanol–water partition coefficient (Wildman–Crippen LogP) is 5.04. The summed E-state index contributed by atoms with van der Waals surface area (Å²) >= 11 is 0. The summed E-state index contributed by atoms with van der Waals surface area (Å²) in [5, 5.41) is 0. The molecule has 0 aliphatic heterocycles. The summed E-state index contributed by atoms with van der Waals surface area (Å²) < 4.78 is 11.3. The third kappa shape index (κ3) is 11.8. The molecule has 2 N–H and O–H groups in total. The van der Waals surface area contributed by atoms with Crippen molar-refractivity contribution in [2.45, 2.75) is 117 Å². The Balaban J connectivity index is 0.000000542. The van der Waals surface area contributed by atoms with Gasteiger partial charge in [-0.2, -0.15) is 0 Å². The standard InChI is InChI=1S/C12H23NO3.C11H20O.H2/c1-9(2)16-11-5-3-10(4-6-11)15-8-7-12(13)14;1-9(2)8-11(12)10-6-4-3-5-7-10;/h9-11H,3-8H2,1-2H3,(H2,13,14);9-10H,3-8H2,1-2H3;1H. The molecule has 0 aromatic heterocycles. The second-order valence-corrected chi connectivity index (χ2v) is 9.07. The Hall–Kier alpha value is -0.940. The van der Waals surface area contributed by atoms with Gasteiger partial charge in [0, 0.05) is 20.2 Å². The SMILES string of the molecule is CC(C)CC(=O)C1CCCCC1.CC(C)OC1CCC(OCCC(N)=O)CC1.[HH]. The quantitative estimate of drug-likeness (QED) is 0.589. The van der Waals surface area contributed by atoms with Crippen LogP contribution in [0.2, 0.25) is 0 Å². The molecular weight excluding hydrogens is 354 g/mol. The van der Waals surface area contributed by atoms with Gasteiger partial charge in [0.15, 0.2) is 0 Å². The van der Waals surface area contributed by atoms with E-state index in [1.165, 1.54) is 19.3 Å². The summed E-state index contributed by atoms with van der Waals surface area (Å²) in [4.78, 5) is 22.1. The van der Waals surface area contributed by atoms with Gasteiger partial charge < -0.3 is 15.2 Å². The molecular formula is C23H45NO4. The Morgan fingerprint density at radius 3 is 2.00 bits per heavy atom. The number of ether oxygens (including phenoxy) is 2. The highest BCUT2D eigenvalue weighted by Crippen LogP contribution is 2.26. The van der Waals surface area contributed by atoms with Crippen molar-refractivity contribution in [1.29, 1.82) is 0 Å². The van der Waals surface area contributed by atoms with E-state index in [-0.39, 0.29) is 13.4 Å². The lowest BCUT2D eigenvalue weighted by Gasteiger charge is -2.29. The van der Waals surface area contributed by atoms with Gasteiger partial charge in [-0.3, -0.25) is 9.59 Å². The molecule has 0 aromatic rings. The molecule has 0 aromatic carbocycles. The van der Waals surface area contributed by atoms with Crippen LogP contribution < -0.4 is 5.73 Å². The highest BCUT2D eigenvalue weighted by atomic mass is 16.5. The number of rotatable bonds is 9. The van der Waals surface area contributed by atoms with E-state index in [9.17, 15) is 9.59 Å². The second-order valence-electron chi connectivity index (χ2n) is 9.07. The highest BCUT2D eigenvalue weighted by molar-refractivity contribution is 5.81. The van der Waals surface area contributed by atoms with E-state index in [2.05, 4.69) is 27.7 Å². The van der Waals surface area contributed by atoms with Crippen molar-refractivity contribution >= 4 is 11.7 Å². The van der Waals surface area contributed by atoms with Crippen LogP contribution in [0, 0.1) is 11.8 Å². The minimum atomic E-state index is -0.295. The Morgan fingerprint density at radius 1 is 0.929 bits per heavy atom. The minimum absolute atomic E-state index is 0. The molecule has 2 aliphatic carbocycles. The first-order valence-corrected chi connectivity index (χ1v) is 11.4. The summed E-state index contributed by atoms with van der Waals surface area (Å²) in [6.45, 7) is 8.84. The van der Waals surface area contributed by atoms with Gasteiger partial charge >= 0.3 is 0 Å². The molecule has 2 aliphatic rings. The lowest BCUT2D eigenvalue weighted by atomic mass is 9.84. The highest BCUT2D eigenvalue weighted by Gasteiger charge is 2.23. The Morgan fingerprint density at radius 2 is 1.50 bits per heavy atom. The zero-order valence-electron chi connectivity index (χ0n) is 18.6. The first-order chi connectivity index (χ1) is 13.3. The number of carbonyl (C=O) groups is 2. The maximum atomic E-state index is 11.6. The average molecular weight is 400 g/mol. The van der Waals surface area contributed by atoms with Gasteiger partial charge in [0.25, 0.3) is 0 Å². The molecule has 0 atom stereocenters. The number of primary amides is 1. The van der Waals surface area contributed by atoms with Crippen LogP contribution in [0.3, 0.4) is 0 Å². The maximum absolute atomic E-state index is 11.6. The fourth-order valence-electron chi connectivity index (χ4n) is 4.04. The lowest BCUT2D eigenvalue weighted by molar-refractivity contribution is -0.124. The van der Waals surface area contributed by atoms with Crippen molar-refractivity contribution in [2.24, 2.45) is 17.6 Å². The Kier molecular flexibility index (Phi) is 12.6. The molecule has 5 heteroatoms.